The Bertz CT molecular complexity index is 537. The molecule has 2 aromatic rings. The molecule has 2 aromatic heterocycles. The Hall–Kier alpha value is -0.640. The van der Waals surface area contributed by atoms with E-state index in [1.807, 2.05) is 22.7 Å². The fraction of sp³-hybridized carbons (Fsp3) is 0.529. The molecule has 0 saturated heterocycles. The van der Waals surface area contributed by atoms with E-state index < -0.39 is 0 Å². The average molecular weight is 303 g/mol. The summed E-state index contributed by atoms with van der Waals surface area (Å²) in [7, 11) is 0. The van der Waals surface area contributed by atoms with Crippen LogP contribution >= 0.6 is 22.7 Å². The number of thiophene rings is 2. The molecule has 4 rings (SSSR count). The predicted octanol–water partition coefficient (Wildman–Crippen LogP) is 5.00. The van der Waals surface area contributed by atoms with Crippen LogP contribution in [-0.2, 0) is 6.54 Å². The second kappa shape index (κ2) is 5.63. The number of hydrogen-bond acceptors (Lipinski definition) is 3. The van der Waals surface area contributed by atoms with Crippen molar-refractivity contribution in [3.05, 3.63) is 33.8 Å². The molecule has 1 N–H and O–H groups in total. The van der Waals surface area contributed by atoms with Crippen molar-refractivity contribution in [3.63, 3.8) is 0 Å². The molecular formula is C17H21NS2. The van der Waals surface area contributed by atoms with Crippen LogP contribution in [0.15, 0.2) is 29.0 Å². The maximum atomic E-state index is 3.72. The SMILES string of the molecule is c1csc(-c2csc(CNCC(C3CC3)C3CC3)c2)c1. The Balaban J connectivity index is 1.31. The van der Waals surface area contributed by atoms with E-state index in [1.165, 1.54) is 47.5 Å². The molecule has 0 unspecified atom stereocenters. The first kappa shape index (κ1) is 13.1. The van der Waals surface area contributed by atoms with Gasteiger partial charge in [0.15, 0.2) is 0 Å². The second-order valence-corrected chi connectivity index (χ2v) is 8.19. The molecule has 2 heterocycles. The van der Waals surface area contributed by atoms with Crippen molar-refractivity contribution in [1.82, 2.24) is 5.32 Å². The molecule has 2 saturated carbocycles. The van der Waals surface area contributed by atoms with Gasteiger partial charge < -0.3 is 5.32 Å². The Morgan fingerprint density at radius 3 is 2.60 bits per heavy atom. The highest BCUT2D eigenvalue weighted by Gasteiger charge is 2.40. The minimum Gasteiger partial charge on any atom is -0.312 e. The van der Waals surface area contributed by atoms with E-state index in [1.54, 1.807) is 0 Å². The molecular weight excluding hydrogens is 282 g/mol. The van der Waals surface area contributed by atoms with E-state index in [2.05, 4.69) is 34.3 Å². The zero-order chi connectivity index (χ0) is 13.4. The molecule has 1 nitrogen and oxygen atoms in total. The van der Waals surface area contributed by atoms with Gasteiger partial charge in [-0.05, 0) is 72.9 Å². The van der Waals surface area contributed by atoms with E-state index in [4.69, 9.17) is 0 Å². The molecule has 0 amide bonds. The highest BCUT2D eigenvalue weighted by molar-refractivity contribution is 7.14. The van der Waals surface area contributed by atoms with Crippen LogP contribution < -0.4 is 5.32 Å². The number of hydrogen-bond donors (Lipinski definition) is 1. The van der Waals surface area contributed by atoms with Gasteiger partial charge in [-0.15, -0.1) is 22.7 Å². The summed E-state index contributed by atoms with van der Waals surface area (Å²) in [4.78, 5) is 2.86. The molecule has 2 fully saturated rings. The van der Waals surface area contributed by atoms with Crippen molar-refractivity contribution in [2.75, 3.05) is 6.54 Å². The third-order valence-corrected chi connectivity index (χ3v) is 6.45. The lowest BCUT2D eigenvalue weighted by Gasteiger charge is -2.15. The summed E-state index contributed by atoms with van der Waals surface area (Å²) in [6.45, 7) is 2.29. The normalized spacial score (nSPS) is 18.9. The quantitative estimate of drug-likeness (QED) is 0.759. The minimum absolute atomic E-state index is 0.978. The summed E-state index contributed by atoms with van der Waals surface area (Å²) in [5.74, 6) is 3.09. The van der Waals surface area contributed by atoms with Crippen molar-refractivity contribution >= 4 is 22.7 Å². The van der Waals surface area contributed by atoms with Gasteiger partial charge in [-0.2, -0.15) is 0 Å². The fourth-order valence-electron chi connectivity index (χ4n) is 3.17. The van der Waals surface area contributed by atoms with Crippen LogP contribution in [0.25, 0.3) is 10.4 Å². The summed E-state index contributed by atoms with van der Waals surface area (Å²) in [5.41, 5.74) is 1.39. The van der Waals surface area contributed by atoms with Gasteiger partial charge in [-0.3, -0.25) is 0 Å². The van der Waals surface area contributed by atoms with Crippen LogP contribution in [0, 0.1) is 17.8 Å². The molecule has 2 aliphatic rings. The molecule has 0 aromatic carbocycles. The van der Waals surface area contributed by atoms with Crippen molar-refractivity contribution in [1.29, 1.82) is 0 Å². The molecule has 2 aliphatic carbocycles. The van der Waals surface area contributed by atoms with Crippen LogP contribution in [0.2, 0.25) is 0 Å². The lowest BCUT2D eigenvalue weighted by atomic mass is 9.98. The Kier molecular flexibility index (Phi) is 3.67. The standard InChI is InChI=1S/C17H21NS2/c1-2-17(19-7-1)14-8-15(20-11-14)9-18-10-16(12-3-4-12)13-5-6-13/h1-2,7-8,11-13,16,18H,3-6,9-10H2. The summed E-state index contributed by atoms with van der Waals surface area (Å²) in [5, 5.41) is 8.16. The second-order valence-electron chi connectivity index (χ2n) is 6.25. The lowest BCUT2D eigenvalue weighted by molar-refractivity contribution is 0.379. The fourth-order valence-corrected chi connectivity index (χ4v) is 4.82. The first-order valence-electron chi connectivity index (χ1n) is 7.72. The Morgan fingerprint density at radius 2 is 1.95 bits per heavy atom. The maximum Gasteiger partial charge on any atom is 0.0351 e. The Morgan fingerprint density at radius 1 is 1.15 bits per heavy atom. The van der Waals surface area contributed by atoms with Crippen LogP contribution in [-0.4, -0.2) is 6.54 Å². The van der Waals surface area contributed by atoms with Gasteiger partial charge in [0.2, 0.25) is 0 Å². The van der Waals surface area contributed by atoms with Crippen molar-refractivity contribution in [2.24, 2.45) is 17.8 Å². The monoisotopic (exact) mass is 303 g/mol. The van der Waals surface area contributed by atoms with Crippen LogP contribution in [0.4, 0.5) is 0 Å². The highest BCUT2D eigenvalue weighted by Crippen LogP contribution is 2.48. The van der Waals surface area contributed by atoms with Gasteiger partial charge in [0.25, 0.3) is 0 Å². The summed E-state index contributed by atoms with van der Waals surface area (Å²) in [6.07, 6.45) is 5.96. The van der Waals surface area contributed by atoms with Gasteiger partial charge in [-0.1, -0.05) is 6.07 Å². The summed E-state index contributed by atoms with van der Waals surface area (Å²) in [6, 6.07) is 6.69. The molecule has 0 spiro atoms. The van der Waals surface area contributed by atoms with Gasteiger partial charge in [0, 0.05) is 21.9 Å². The smallest absolute Gasteiger partial charge is 0.0351 e. The molecule has 0 aliphatic heterocycles. The molecule has 0 bridgehead atoms. The zero-order valence-corrected chi connectivity index (χ0v) is 13.3. The summed E-state index contributed by atoms with van der Waals surface area (Å²) >= 11 is 3.72. The van der Waals surface area contributed by atoms with Crippen LogP contribution in [0.1, 0.15) is 30.6 Å². The predicted molar refractivity (Wildman–Crippen MR) is 88.3 cm³/mol. The molecule has 3 heteroatoms. The molecule has 0 radical (unpaired) electrons. The lowest BCUT2D eigenvalue weighted by Crippen LogP contribution is -2.24. The maximum absolute atomic E-state index is 3.72. The largest absolute Gasteiger partial charge is 0.312 e. The van der Waals surface area contributed by atoms with Crippen LogP contribution in [0.5, 0.6) is 0 Å². The van der Waals surface area contributed by atoms with E-state index in [-0.39, 0.29) is 0 Å². The topological polar surface area (TPSA) is 12.0 Å². The van der Waals surface area contributed by atoms with Gasteiger partial charge >= 0.3 is 0 Å². The number of rotatable bonds is 7. The first-order chi connectivity index (χ1) is 9.90. The first-order valence-corrected chi connectivity index (χ1v) is 9.48. The average Bonchev–Trinajstić information content (AvgIpc) is 3.37. The van der Waals surface area contributed by atoms with Gasteiger partial charge in [0.1, 0.15) is 0 Å². The van der Waals surface area contributed by atoms with E-state index in [0.717, 1.165) is 24.3 Å². The summed E-state index contributed by atoms with van der Waals surface area (Å²) < 4.78 is 0. The highest BCUT2D eigenvalue weighted by atomic mass is 32.1. The van der Waals surface area contributed by atoms with Crippen molar-refractivity contribution < 1.29 is 0 Å². The molecule has 20 heavy (non-hydrogen) atoms. The molecule has 0 atom stereocenters. The number of nitrogens with one attached hydrogen (secondary N) is 1. The van der Waals surface area contributed by atoms with Crippen LogP contribution in [0.3, 0.4) is 0 Å². The van der Waals surface area contributed by atoms with E-state index in [0.29, 0.717) is 0 Å². The van der Waals surface area contributed by atoms with Gasteiger partial charge in [0.05, 0.1) is 0 Å². The minimum atomic E-state index is 0.978. The van der Waals surface area contributed by atoms with Gasteiger partial charge in [-0.25, -0.2) is 0 Å². The molecule has 106 valence electrons. The Labute approximate surface area is 129 Å². The van der Waals surface area contributed by atoms with Crippen molar-refractivity contribution in [3.8, 4) is 10.4 Å². The van der Waals surface area contributed by atoms with E-state index in [9.17, 15) is 0 Å². The van der Waals surface area contributed by atoms with E-state index >= 15 is 0 Å². The third kappa shape index (κ3) is 3.00. The zero-order valence-electron chi connectivity index (χ0n) is 11.7. The third-order valence-electron chi connectivity index (χ3n) is 4.59. The van der Waals surface area contributed by atoms with Crippen molar-refractivity contribution in [2.45, 2.75) is 32.2 Å².